The second kappa shape index (κ2) is 6.24. The van der Waals surface area contributed by atoms with Gasteiger partial charge in [0.2, 0.25) is 0 Å². The Kier molecular flexibility index (Phi) is 5.26. The van der Waals surface area contributed by atoms with Gasteiger partial charge in [-0.25, -0.2) is 0 Å². The maximum Gasteiger partial charge on any atom is 0.0242 e. The minimum absolute atomic E-state index is 0. The van der Waals surface area contributed by atoms with Crippen LogP contribution in [-0.4, -0.2) is 25.7 Å². The normalized spacial score (nSPS) is 18.8. The summed E-state index contributed by atoms with van der Waals surface area (Å²) in [6, 6.07) is 10.8. The van der Waals surface area contributed by atoms with Crippen LogP contribution >= 0.6 is 12.4 Å². The molecule has 0 aliphatic carbocycles. The van der Waals surface area contributed by atoms with Crippen molar-refractivity contribution in [3.05, 3.63) is 35.9 Å². The smallest absolute Gasteiger partial charge is 0.0242 e. The molecule has 1 aromatic carbocycles. The molecule has 3 heteroatoms. The van der Waals surface area contributed by atoms with Crippen LogP contribution in [0, 0.1) is 0 Å². The van der Waals surface area contributed by atoms with Gasteiger partial charge < -0.3 is 10.6 Å². The summed E-state index contributed by atoms with van der Waals surface area (Å²) < 4.78 is 0. The molecule has 0 bridgehead atoms. The predicted octanol–water partition coefficient (Wildman–Crippen LogP) is 1.99. The fraction of sp³-hybridized carbons (Fsp3) is 0.538. The first-order chi connectivity index (χ1) is 7.35. The van der Waals surface area contributed by atoms with Gasteiger partial charge in [0, 0.05) is 5.54 Å². The summed E-state index contributed by atoms with van der Waals surface area (Å²) in [6.07, 6.45) is 3.59. The van der Waals surface area contributed by atoms with E-state index in [9.17, 15) is 0 Å². The van der Waals surface area contributed by atoms with Crippen LogP contribution in [0.2, 0.25) is 0 Å². The zero-order chi connectivity index (χ0) is 10.6. The topological polar surface area (TPSA) is 24.1 Å². The van der Waals surface area contributed by atoms with Gasteiger partial charge in [-0.05, 0) is 45.0 Å². The number of likely N-dealkylation sites (N-methyl/N-ethyl adjacent to an activating group) is 1. The Labute approximate surface area is 104 Å². The molecule has 2 nitrogen and oxygen atoms in total. The van der Waals surface area contributed by atoms with E-state index < -0.39 is 0 Å². The third-order valence-electron chi connectivity index (χ3n) is 3.48. The minimum atomic E-state index is 0. The van der Waals surface area contributed by atoms with Gasteiger partial charge in [0.05, 0.1) is 0 Å². The lowest BCUT2D eigenvalue weighted by Crippen LogP contribution is -2.52. The van der Waals surface area contributed by atoms with E-state index in [0.29, 0.717) is 5.54 Å². The molecule has 90 valence electrons. The second-order valence-corrected chi connectivity index (χ2v) is 4.44. The van der Waals surface area contributed by atoms with Gasteiger partial charge in [-0.3, -0.25) is 0 Å². The van der Waals surface area contributed by atoms with E-state index in [0.717, 1.165) is 19.5 Å². The average Bonchev–Trinajstić information content (AvgIpc) is 2.32. The van der Waals surface area contributed by atoms with Crippen molar-refractivity contribution in [2.24, 2.45) is 0 Å². The average molecular weight is 241 g/mol. The van der Waals surface area contributed by atoms with Gasteiger partial charge in [0.25, 0.3) is 0 Å². The molecule has 0 unspecified atom stereocenters. The molecule has 2 rings (SSSR count). The highest BCUT2D eigenvalue weighted by Crippen LogP contribution is 2.22. The number of hydrogen-bond donors (Lipinski definition) is 2. The second-order valence-electron chi connectivity index (χ2n) is 4.44. The molecule has 0 atom stereocenters. The Morgan fingerprint density at radius 2 is 1.81 bits per heavy atom. The summed E-state index contributed by atoms with van der Waals surface area (Å²) in [7, 11) is 2.09. The summed E-state index contributed by atoms with van der Waals surface area (Å²) in [5.41, 5.74) is 1.75. The lowest BCUT2D eigenvalue weighted by Gasteiger charge is -2.37. The number of nitrogens with one attached hydrogen (secondary N) is 2. The largest absolute Gasteiger partial charge is 0.317 e. The molecular weight excluding hydrogens is 220 g/mol. The molecule has 0 saturated carbocycles. The highest BCUT2D eigenvalue weighted by atomic mass is 35.5. The molecule has 16 heavy (non-hydrogen) atoms. The summed E-state index contributed by atoms with van der Waals surface area (Å²) >= 11 is 0. The van der Waals surface area contributed by atoms with Crippen molar-refractivity contribution in [1.29, 1.82) is 0 Å². The van der Waals surface area contributed by atoms with Crippen LogP contribution in [0.5, 0.6) is 0 Å². The van der Waals surface area contributed by atoms with Crippen molar-refractivity contribution >= 4 is 12.4 Å². The Morgan fingerprint density at radius 3 is 2.38 bits per heavy atom. The first kappa shape index (κ1) is 13.5. The van der Waals surface area contributed by atoms with Crippen molar-refractivity contribution in [1.82, 2.24) is 10.6 Å². The van der Waals surface area contributed by atoms with Gasteiger partial charge in [-0.15, -0.1) is 12.4 Å². The van der Waals surface area contributed by atoms with E-state index in [2.05, 4.69) is 48.0 Å². The predicted molar refractivity (Wildman–Crippen MR) is 71.3 cm³/mol. The van der Waals surface area contributed by atoms with Crippen LogP contribution in [0.3, 0.4) is 0 Å². The summed E-state index contributed by atoms with van der Waals surface area (Å²) in [5.74, 6) is 0. The van der Waals surface area contributed by atoms with E-state index in [4.69, 9.17) is 0 Å². The molecule has 1 aliphatic heterocycles. The molecule has 0 aromatic heterocycles. The first-order valence-corrected chi connectivity index (χ1v) is 5.78. The molecule has 0 amide bonds. The highest BCUT2D eigenvalue weighted by Gasteiger charge is 2.29. The Hall–Kier alpha value is -0.570. The van der Waals surface area contributed by atoms with Crippen LogP contribution in [-0.2, 0) is 6.42 Å². The molecule has 1 aliphatic rings. The van der Waals surface area contributed by atoms with Gasteiger partial charge in [0.1, 0.15) is 0 Å². The molecule has 0 spiro atoms. The molecule has 2 N–H and O–H groups in total. The number of halogens is 1. The van der Waals surface area contributed by atoms with Crippen molar-refractivity contribution < 1.29 is 0 Å². The van der Waals surface area contributed by atoms with Crippen LogP contribution in [0.4, 0.5) is 0 Å². The molecule has 1 fully saturated rings. The Bertz CT molecular complexity index is 294. The summed E-state index contributed by atoms with van der Waals surface area (Å²) in [6.45, 7) is 2.27. The summed E-state index contributed by atoms with van der Waals surface area (Å²) in [5, 5.41) is 6.95. The van der Waals surface area contributed by atoms with Gasteiger partial charge in [-0.1, -0.05) is 30.3 Å². The monoisotopic (exact) mass is 240 g/mol. The Morgan fingerprint density at radius 1 is 1.19 bits per heavy atom. The van der Waals surface area contributed by atoms with E-state index in [-0.39, 0.29) is 12.4 Å². The third kappa shape index (κ3) is 3.21. The SMILES string of the molecule is CNC1(Cc2ccccc2)CCNCC1.Cl. The van der Waals surface area contributed by atoms with Crippen molar-refractivity contribution in [3.8, 4) is 0 Å². The van der Waals surface area contributed by atoms with Crippen LogP contribution in [0.1, 0.15) is 18.4 Å². The molecular formula is C13H21ClN2. The lowest BCUT2D eigenvalue weighted by atomic mass is 9.82. The van der Waals surface area contributed by atoms with Gasteiger partial charge in [-0.2, -0.15) is 0 Å². The van der Waals surface area contributed by atoms with Crippen molar-refractivity contribution in [3.63, 3.8) is 0 Å². The fourth-order valence-corrected chi connectivity index (χ4v) is 2.41. The van der Waals surface area contributed by atoms with Crippen LogP contribution in [0.15, 0.2) is 30.3 Å². The Balaban J connectivity index is 0.00000128. The molecule has 0 radical (unpaired) electrons. The zero-order valence-corrected chi connectivity index (χ0v) is 10.6. The quantitative estimate of drug-likeness (QED) is 0.845. The number of rotatable bonds is 3. The van der Waals surface area contributed by atoms with Gasteiger partial charge >= 0.3 is 0 Å². The van der Waals surface area contributed by atoms with Crippen LogP contribution < -0.4 is 10.6 Å². The van der Waals surface area contributed by atoms with Crippen molar-refractivity contribution in [2.75, 3.05) is 20.1 Å². The first-order valence-electron chi connectivity index (χ1n) is 5.78. The minimum Gasteiger partial charge on any atom is -0.317 e. The van der Waals surface area contributed by atoms with E-state index in [1.54, 1.807) is 0 Å². The van der Waals surface area contributed by atoms with E-state index >= 15 is 0 Å². The van der Waals surface area contributed by atoms with Crippen LogP contribution in [0.25, 0.3) is 0 Å². The summed E-state index contributed by atoms with van der Waals surface area (Å²) in [4.78, 5) is 0. The molecule has 1 aromatic rings. The molecule has 1 saturated heterocycles. The standard InChI is InChI=1S/C13H20N2.ClH/c1-14-13(7-9-15-10-8-13)11-12-5-3-2-4-6-12;/h2-6,14-15H,7-11H2,1H3;1H. The number of benzene rings is 1. The van der Waals surface area contributed by atoms with Gasteiger partial charge in [0.15, 0.2) is 0 Å². The van der Waals surface area contributed by atoms with E-state index in [1.165, 1.54) is 18.4 Å². The third-order valence-corrected chi connectivity index (χ3v) is 3.48. The zero-order valence-electron chi connectivity index (χ0n) is 9.83. The lowest BCUT2D eigenvalue weighted by molar-refractivity contribution is 0.257. The van der Waals surface area contributed by atoms with E-state index in [1.807, 2.05) is 0 Å². The van der Waals surface area contributed by atoms with Crippen molar-refractivity contribution in [2.45, 2.75) is 24.8 Å². The number of piperidine rings is 1. The maximum atomic E-state index is 3.53. The highest BCUT2D eigenvalue weighted by molar-refractivity contribution is 5.85. The molecule has 1 heterocycles. The number of hydrogen-bond acceptors (Lipinski definition) is 2. The fourth-order valence-electron chi connectivity index (χ4n) is 2.41. The maximum absolute atomic E-state index is 3.53.